The number of nitrogens with two attached hydrogens (primary N) is 1. The summed E-state index contributed by atoms with van der Waals surface area (Å²) in [5.41, 5.74) is 6.36. The van der Waals surface area contributed by atoms with Gasteiger partial charge in [0.25, 0.3) is 0 Å². The largest absolute Gasteiger partial charge is 0.398 e. The second-order valence-corrected chi connectivity index (χ2v) is 6.02. The van der Waals surface area contributed by atoms with E-state index in [2.05, 4.69) is 0 Å². The first kappa shape index (κ1) is 11.0. The average molecular weight is 244 g/mol. The lowest BCUT2D eigenvalue weighted by molar-refractivity contribution is 0.669. The molecule has 1 atom stereocenters. The third kappa shape index (κ3) is 2.34. The summed E-state index contributed by atoms with van der Waals surface area (Å²) >= 11 is 5.80. The monoisotopic (exact) mass is 243 g/mol. The number of halogens is 1. The van der Waals surface area contributed by atoms with Gasteiger partial charge in [0.2, 0.25) is 0 Å². The van der Waals surface area contributed by atoms with Gasteiger partial charge >= 0.3 is 0 Å². The lowest BCUT2D eigenvalue weighted by Gasteiger charge is -2.11. The number of hydrogen-bond acceptors (Lipinski definition) is 2. The molecule has 0 heterocycles. The predicted molar refractivity (Wildman–Crippen MR) is 64.5 cm³/mol. The topological polar surface area (TPSA) is 43.1 Å². The minimum Gasteiger partial charge on any atom is -0.398 e. The fourth-order valence-electron chi connectivity index (χ4n) is 1.98. The second-order valence-electron chi connectivity index (χ2n) is 3.89. The maximum atomic E-state index is 12.2. The highest BCUT2D eigenvalue weighted by Gasteiger charge is 2.23. The van der Waals surface area contributed by atoms with Crippen LogP contribution in [0.3, 0.4) is 0 Å². The summed E-state index contributed by atoms with van der Waals surface area (Å²) in [5, 5.41) is 0.883. The number of anilines is 1. The molecule has 0 aromatic heterocycles. The Bertz CT molecular complexity index is 388. The van der Waals surface area contributed by atoms with Crippen LogP contribution < -0.4 is 5.73 Å². The summed E-state index contributed by atoms with van der Waals surface area (Å²) in [7, 11) is -0.962. The molecular weight excluding hydrogens is 230 g/mol. The van der Waals surface area contributed by atoms with Crippen molar-refractivity contribution in [2.24, 2.45) is 0 Å². The van der Waals surface area contributed by atoms with Crippen molar-refractivity contribution in [2.45, 2.75) is 35.8 Å². The van der Waals surface area contributed by atoms with Gasteiger partial charge in [-0.1, -0.05) is 24.4 Å². The third-order valence-corrected chi connectivity index (χ3v) is 4.91. The summed E-state index contributed by atoms with van der Waals surface area (Å²) in [6, 6.07) is 5.20. The Kier molecular flexibility index (Phi) is 3.32. The van der Waals surface area contributed by atoms with Crippen molar-refractivity contribution < 1.29 is 4.21 Å². The molecule has 2 nitrogen and oxygen atoms in total. The molecule has 15 heavy (non-hydrogen) atoms. The molecule has 82 valence electrons. The van der Waals surface area contributed by atoms with E-state index >= 15 is 0 Å². The average Bonchev–Trinajstić information content (AvgIpc) is 2.69. The van der Waals surface area contributed by atoms with Crippen LogP contribution in [0.4, 0.5) is 5.69 Å². The number of rotatable bonds is 2. The molecule has 1 fully saturated rings. The van der Waals surface area contributed by atoms with E-state index in [1.54, 1.807) is 18.2 Å². The van der Waals surface area contributed by atoms with Crippen LogP contribution in [0.2, 0.25) is 5.02 Å². The van der Waals surface area contributed by atoms with Gasteiger partial charge in [-0.15, -0.1) is 0 Å². The first-order chi connectivity index (χ1) is 7.18. The van der Waals surface area contributed by atoms with E-state index < -0.39 is 10.8 Å². The van der Waals surface area contributed by atoms with Crippen LogP contribution in [-0.2, 0) is 10.8 Å². The highest BCUT2D eigenvalue weighted by molar-refractivity contribution is 7.85. The Hall–Kier alpha value is -0.540. The summed E-state index contributed by atoms with van der Waals surface area (Å²) in [6.45, 7) is 0. The van der Waals surface area contributed by atoms with Gasteiger partial charge in [-0.25, -0.2) is 0 Å². The van der Waals surface area contributed by atoms with E-state index in [9.17, 15) is 4.21 Å². The number of nitrogen functional groups attached to an aromatic ring is 1. The van der Waals surface area contributed by atoms with Crippen LogP contribution in [0, 0.1) is 0 Å². The number of hydrogen-bond donors (Lipinski definition) is 1. The number of benzene rings is 1. The SMILES string of the molecule is Nc1cc(Cl)ccc1S(=O)C1CCCC1. The Labute approximate surface area is 97.3 Å². The lowest BCUT2D eigenvalue weighted by atomic mass is 10.3. The molecule has 0 radical (unpaired) electrons. The van der Waals surface area contributed by atoms with Gasteiger partial charge in [0.05, 0.1) is 15.7 Å². The molecule has 0 amide bonds. The van der Waals surface area contributed by atoms with Gasteiger partial charge in [-0.2, -0.15) is 0 Å². The van der Waals surface area contributed by atoms with Gasteiger partial charge in [-0.3, -0.25) is 4.21 Å². The Morgan fingerprint density at radius 1 is 1.33 bits per heavy atom. The van der Waals surface area contributed by atoms with Crippen molar-refractivity contribution in [3.63, 3.8) is 0 Å². The Morgan fingerprint density at radius 3 is 2.60 bits per heavy atom. The quantitative estimate of drug-likeness (QED) is 0.812. The Balaban J connectivity index is 2.24. The molecule has 0 spiro atoms. The van der Waals surface area contributed by atoms with Crippen molar-refractivity contribution in [3.05, 3.63) is 23.2 Å². The molecule has 2 N–H and O–H groups in total. The van der Waals surface area contributed by atoms with Crippen LogP contribution in [0.1, 0.15) is 25.7 Å². The standard InChI is InChI=1S/C11H14ClNOS/c12-8-5-6-11(10(13)7-8)15(14)9-3-1-2-4-9/h5-7,9H,1-4,13H2. The van der Waals surface area contributed by atoms with Crippen molar-refractivity contribution in [2.75, 3.05) is 5.73 Å². The van der Waals surface area contributed by atoms with Gasteiger partial charge in [0, 0.05) is 16.0 Å². The highest BCUT2D eigenvalue weighted by Crippen LogP contribution is 2.30. The summed E-state index contributed by atoms with van der Waals surface area (Å²) in [6.07, 6.45) is 4.47. The van der Waals surface area contributed by atoms with Crippen molar-refractivity contribution >= 4 is 28.1 Å². The van der Waals surface area contributed by atoms with E-state index in [1.165, 1.54) is 12.8 Å². The van der Waals surface area contributed by atoms with Crippen LogP contribution in [0.5, 0.6) is 0 Å². The maximum absolute atomic E-state index is 12.2. The molecule has 0 aliphatic heterocycles. The van der Waals surface area contributed by atoms with Gasteiger partial charge in [0.1, 0.15) is 0 Å². The molecule has 1 aliphatic rings. The van der Waals surface area contributed by atoms with Crippen molar-refractivity contribution in [1.82, 2.24) is 0 Å². The minimum atomic E-state index is -0.962. The van der Waals surface area contributed by atoms with Gasteiger partial charge in [-0.05, 0) is 31.0 Å². The zero-order valence-electron chi connectivity index (χ0n) is 8.41. The van der Waals surface area contributed by atoms with E-state index in [1.807, 2.05) is 0 Å². The fourth-order valence-corrected chi connectivity index (χ4v) is 3.78. The van der Waals surface area contributed by atoms with E-state index in [0.29, 0.717) is 10.7 Å². The third-order valence-electron chi connectivity index (χ3n) is 2.79. The van der Waals surface area contributed by atoms with Crippen LogP contribution in [-0.4, -0.2) is 9.46 Å². The van der Waals surface area contributed by atoms with E-state index in [-0.39, 0.29) is 5.25 Å². The molecule has 1 saturated carbocycles. The van der Waals surface area contributed by atoms with Crippen LogP contribution in [0.25, 0.3) is 0 Å². The second kappa shape index (κ2) is 4.54. The first-order valence-corrected chi connectivity index (χ1v) is 6.73. The van der Waals surface area contributed by atoms with E-state index in [4.69, 9.17) is 17.3 Å². The van der Waals surface area contributed by atoms with Crippen molar-refractivity contribution in [1.29, 1.82) is 0 Å². The predicted octanol–water partition coefficient (Wildman–Crippen LogP) is 2.97. The maximum Gasteiger partial charge on any atom is 0.0621 e. The smallest absolute Gasteiger partial charge is 0.0621 e. The normalized spacial score (nSPS) is 19.3. The van der Waals surface area contributed by atoms with E-state index in [0.717, 1.165) is 17.7 Å². The summed E-state index contributed by atoms with van der Waals surface area (Å²) in [5.74, 6) is 0. The molecule has 0 saturated heterocycles. The molecule has 1 unspecified atom stereocenters. The van der Waals surface area contributed by atoms with Crippen LogP contribution >= 0.6 is 11.6 Å². The molecule has 0 bridgehead atoms. The fraction of sp³-hybridized carbons (Fsp3) is 0.455. The summed E-state index contributed by atoms with van der Waals surface area (Å²) in [4.78, 5) is 0.742. The zero-order valence-corrected chi connectivity index (χ0v) is 9.98. The molecule has 4 heteroatoms. The molecular formula is C11H14ClNOS. The van der Waals surface area contributed by atoms with Crippen molar-refractivity contribution in [3.8, 4) is 0 Å². The Morgan fingerprint density at radius 2 is 2.00 bits per heavy atom. The zero-order chi connectivity index (χ0) is 10.8. The molecule has 1 aromatic carbocycles. The highest BCUT2D eigenvalue weighted by atomic mass is 35.5. The molecule has 1 aromatic rings. The minimum absolute atomic E-state index is 0.286. The first-order valence-electron chi connectivity index (χ1n) is 5.14. The lowest BCUT2D eigenvalue weighted by Crippen LogP contribution is -2.12. The summed E-state index contributed by atoms with van der Waals surface area (Å²) < 4.78 is 12.2. The van der Waals surface area contributed by atoms with Gasteiger partial charge in [0.15, 0.2) is 0 Å². The molecule has 2 rings (SSSR count). The van der Waals surface area contributed by atoms with Gasteiger partial charge < -0.3 is 5.73 Å². The van der Waals surface area contributed by atoms with Crippen LogP contribution in [0.15, 0.2) is 23.1 Å². The molecule has 1 aliphatic carbocycles.